The monoisotopic (exact) mass is 274 g/mol. The highest BCUT2D eigenvalue weighted by Crippen LogP contribution is 2.04. The molecule has 1 aromatic carbocycles. The Bertz CT molecular complexity index is 595. The Hall–Kier alpha value is -2.83. The molecule has 7 heteroatoms. The van der Waals surface area contributed by atoms with Gasteiger partial charge in [0.25, 0.3) is 0 Å². The molecule has 7 nitrogen and oxygen atoms in total. The first kappa shape index (κ1) is 13.6. The summed E-state index contributed by atoms with van der Waals surface area (Å²) in [6.07, 6.45) is 3.28. The number of aromatic carboxylic acids is 1. The number of aromatic amines is 1. The van der Waals surface area contributed by atoms with Crippen molar-refractivity contribution in [2.45, 2.75) is 13.1 Å². The van der Waals surface area contributed by atoms with Gasteiger partial charge in [-0.25, -0.2) is 14.6 Å². The Morgan fingerprint density at radius 1 is 1.25 bits per heavy atom. The molecule has 0 radical (unpaired) electrons. The summed E-state index contributed by atoms with van der Waals surface area (Å²) in [5.74, 6) is -0.331. The summed E-state index contributed by atoms with van der Waals surface area (Å²) in [7, 11) is 0. The number of imidazole rings is 1. The van der Waals surface area contributed by atoms with E-state index in [9.17, 15) is 9.59 Å². The van der Waals surface area contributed by atoms with Gasteiger partial charge < -0.3 is 20.7 Å². The Morgan fingerprint density at radius 2 is 2.05 bits per heavy atom. The van der Waals surface area contributed by atoms with E-state index in [0.717, 1.165) is 5.56 Å². The number of urea groups is 1. The normalized spacial score (nSPS) is 10.0. The van der Waals surface area contributed by atoms with E-state index in [1.165, 1.54) is 12.1 Å². The van der Waals surface area contributed by atoms with Gasteiger partial charge in [0, 0.05) is 18.9 Å². The van der Waals surface area contributed by atoms with Gasteiger partial charge in [0.05, 0.1) is 12.1 Å². The van der Waals surface area contributed by atoms with Crippen LogP contribution in [-0.2, 0) is 13.1 Å². The molecular weight excluding hydrogens is 260 g/mol. The third-order valence-electron chi connectivity index (χ3n) is 2.60. The van der Waals surface area contributed by atoms with E-state index in [-0.39, 0.29) is 18.1 Å². The van der Waals surface area contributed by atoms with Crippen LogP contribution in [0.2, 0.25) is 0 Å². The van der Waals surface area contributed by atoms with Crippen molar-refractivity contribution in [2.24, 2.45) is 0 Å². The number of benzene rings is 1. The summed E-state index contributed by atoms with van der Waals surface area (Å²) in [4.78, 5) is 29.2. The second-order valence-electron chi connectivity index (χ2n) is 4.08. The fraction of sp³-hybridized carbons (Fsp3) is 0.154. The van der Waals surface area contributed by atoms with Crippen LogP contribution in [0.25, 0.3) is 0 Å². The van der Waals surface area contributed by atoms with Crippen LogP contribution in [0.3, 0.4) is 0 Å². The van der Waals surface area contributed by atoms with Crippen molar-refractivity contribution in [2.75, 3.05) is 0 Å². The summed E-state index contributed by atoms with van der Waals surface area (Å²) in [5.41, 5.74) is 0.915. The number of aromatic nitrogens is 2. The van der Waals surface area contributed by atoms with E-state index in [2.05, 4.69) is 20.6 Å². The highest BCUT2D eigenvalue weighted by Gasteiger charge is 2.05. The van der Waals surface area contributed by atoms with Crippen LogP contribution < -0.4 is 10.6 Å². The molecule has 0 fully saturated rings. The Morgan fingerprint density at radius 3 is 2.75 bits per heavy atom. The van der Waals surface area contributed by atoms with Gasteiger partial charge in [0.1, 0.15) is 5.82 Å². The largest absolute Gasteiger partial charge is 0.478 e. The lowest BCUT2D eigenvalue weighted by atomic mass is 10.1. The molecule has 0 aliphatic heterocycles. The van der Waals surface area contributed by atoms with E-state index in [1.807, 2.05) is 0 Å². The van der Waals surface area contributed by atoms with E-state index in [0.29, 0.717) is 12.4 Å². The topological polar surface area (TPSA) is 107 Å². The van der Waals surface area contributed by atoms with Crippen molar-refractivity contribution >= 4 is 12.0 Å². The zero-order chi connectivity index (χ0) is 14.4. The van der Waals surface area contributed by atoms with Crippen molar-refractivity contribution in [3.05, 3.63) is 53.6 Å². The van der Waals surface area contributed by atoms with Crippen LogP contribution in [0.5, 0.6) is 0 Å². The van der Waals surface area contributed by atoms with Crippen molar-refractivity contribution in [1.29, 1.82) is 0 Å². The molecule has 0 aliphatic rings. The third kappa shape index (κ3) is 3.84. The molecule has 0 unspecified atom stereocenters. The number of hydrogen-bond donors (Lipinski definition) is 4. The molecule has 0 saturated heterocycles. The highest BCUT2D eigenvalue weighted by molar-refractivity contribution is 5.87. The summed E-state index contributed by atoms with van der Waals surface area (Å²) < 4.78 is 0. The van der Waals surface area contributed by atoms with E-state index in [4.69, 9.17) is 5.11 Å². The molecule has 0 spiro atoms. The number of carbonyl (C=O) groups is 2. The average molecular weight is 274 g/mol. The molecule has 4 N–H and O–H groups in total. The van der Waals surface area contributed by atoms with E-state index >= 15 is 0 Å². The molecule has 0 saturated carbocycles. The molecule has 2 rings (SSSR count). The molecule has 20 heavy (non-hydrogen) atoms. The SMILES string of the molecule is O=C(NCc1cccc(C(=O)O)c1)NCc1ncc[nH]1. The predicted octanol–water partition coefficient (Wildman–Crippen LogP) is 1.11. The number of carboxylic acid groups (broad SMARTS) is 1. The summed E-state index contributed by atoms with van der Waals surface area (Å²) in [6, 6.07) is 6.07. The maximum absolute atomic E-state index is 11.6. The zero-order valence-corrected chi connectivity index (χ0v) is 10.6. The molecule has 1 aromatic heterocycles. The van der Waals surface area contributed by atoms with Gasteiger partial charge in [-0.05, 0) is 17.7 Å². The quantitative estimate of drug-likeness (QED) is 0.655. The summed E-state index contributed by atoms with van der Waals surface area (Å²) in [5, 5.41) is 14.1. The Labute approximate surface area is 115 Å². The van der Waals surface area contributed by atoms with Gasteiger partial charge in [0.15, 0.2) is 0 Å². The van der Waals surface area contributed by atoms with Crippen LogP contribution in [0.4, 0.5) is 4.79 Å². The molecule has 1 heterocycles. The van der Waals surface area contributed by atoms with Gasteiger partial charge in [-0.2, -0.15) is 0 Å². The average Bonchev–Trinajstić information content (AvgIpc) is 2.96. The van der Waals surface area contributed by atoms with Gasteiger partial charge in [-0.3, -0.25) is 0 Å². The van der Waals surface area contributed by atoms with E-state index < -0.39 is 5.97 Å². The minimum atomic E-state index is -0.992. The molecule has 0 bridgehead atoms. The predicted molar refractivity (Wildman–Crippen MR) is 71.1 cm³/mol. The first-order valence-electron chi connectivity index (χ1n) is 5.97. The van der Waals surface area contributed by atoms with Gasteiger partial charge in [0.2, 0.25) is 0 Å². The number of nitrogens with zero attached hydrogens (tertiary/aromatic N) is 1. The maximum atomic E-state index is 11.6. The zero-order valence-electron chi connectivity index (χ0n) is 10.6. The maximum Gasteiger partial charge on any atom is 0.335 e. The highest BCUT2D eigenvalue weighted by atomic mass is 16.4. The number of nitrogens with one attached hydrogen (secondary N) is 3. The van der Waals surface area contributed by atoms with Crippen LogP contribution in [-0.4, -0.2) is 27.1 Å². The van der Waals surface area contributed by atoms with Gasteiger partial charge in [-0.1, -0.05) is 12.1 Å². The van der Waals surface area contributed by atoms with Crippen molar-refractivity contribution < 1.29 is 14.7 Å². The number of carbonyl (C=O) groups excluding carboxylic acids is 1. The van der Waals surface area contributed by atoms with E-state index in [1.54, 1.807) is 24.5 Å². The Kier molecular flexibility index (Phi) is 4.33. The first-order valence-corrected chi connectivity index (χ1v) is 5.97. The molecule has 104 valence electrons. The van der Waals surface area contributed by atoms with Crippen molar-refractivity contribution in [1.82, 2.24) is 20.6 Å². The standard InChI is InChI=1S/C13H14N4O3/c18-12(19)10-3-1-2-9(6-10)7-16-13(20)17-8-11-14-4-5-15-11/h1-6H,7-8H2,(H,14,15)(H,18,19)(H2,16,17,20). The number of amides is 2. The number of hydrogen-bond acceptors (Lipinski definition) is 3. The molecule has 2 aromatic rings. The number of H-pyrrole nitrogens is 1. The van der Waals surface area contributed by atoms with Crippen molar-refractivity contribution in [3.63, 3.8) is 0 Å². The van der Waals surface area contributed by atoms with Crippen molar-refractivity contribution in [3.8, 4) is 0 Å². The number of carboxylic acids is 1. The second kappa shape index (κ2) is 6.37. The van der Waals surface area contributed by atoms with Crippen LogP contribution in [0.15, 0.2) is 36.7 Å². The lowest BCUT2D eigenvalue weighted by molar-refractivity contribution is 0.0696. The third-order valence-corrected chi connectivity index (χ3v) is 2.60. The first-order chi connectivity index (χ1) is 9.65. The fourth-order valence-electron chi connectivity index (χ4n) is 1.62. The molecule has 2 amide bonds. The van der Waals surface area contributed by atoms with Crippen LogP contribution in [0, 0.1) is 0 Å². The fourth-order valence-corrected chi connectivity index (χ4v) is 1.62. The number of rotatable bonds is 5. The van der Waals surface area contributed by atoms with Gasteiger partial charge >= 0.3 is 12.0 Å². The second-order valence-corrected chi connectivity index (χ2v) is 4.08. The summed E-state index contributed by atoms with van der Waals surface area (Å²) in [6.45, 7) is 0.555. The van der Waals surface area contributed by atoms with Crippen LogP contribution in [0.1, 0.15) is 21.7 Å². The minimum Gasteiger partial charge on any atom is -0.478 e. The Balaban J connectivity index is 1.81. The lowest BCUT2D eigenvalue weighted by Crippen LogP contribution is -2.34. The smallest absolute Gasteiger partial charge is 0.335 e. The molecule has 0 atom stereocenters. The van der Waals surface area contributed by atoms with Gasteiger partial charge in [-0.15, -0.1) is 0 Å². The molecular formula is C13H14N4O3. The summed E-state index contributed by atoms with van der Waals surface area (Å²) >= 11 is 0. The van der Waals surface area contributed by atoms with Crippen LogP contribution >= 0.6 is 0 Å². The molecule has 0 aliphatic carbocycles. The minimum absolute atomic E-state index is 0.195. The lowest BCUT2D eigenvalue weighted by Gasteiger charge is -2.07.